The van der Waals surface area contributed by atoms with Crippen molar-refractivity contribution in [1.82, 2.24) is 9.97 Å². The molecule has 0 bridgehead atoms. The maximum Gasteiger partial charge on any atom is 0.159 e. The molecular formula is C14H18ClN5. The Labute approximate surface area is 123 Å². The summed E-state index contributed by atoms with van der Waals surface area (Å²) in [5.41, 5.74) is 7.46. The molecule has 0 saturated carbocycles. The fourth-order valence-corrected chi connectivity index (χ4v) is 1.74. The Bertz CT molecular complexity index is 570. The highest BCUT2D eigenvalue weighted by molar-refractivity contribution is 6.30. The molecule has 0 saturated heterocycles. The van der Waals surface area contributed by atoms with Crippen LogP contribution >= 0.6 is 11.6 Å². The number of aromatic nitrogens is 2. The molecule has 20 heavy (non-hydrogen) atoms. The van der Waals surface area contributed by atoms with Crippen LogP contribution in [0.2, 0.25) is 5.02 Å². The first-order valence-electron chi connectivity index (χ1n) is 6.49. The Morgan fingerprint density at radius 3 is 2.50 bits per heavy atom. The summed E-state index contributed by atoms with van der Waals surface area (Å²) in [7, 11) is 0. The SMILES string of the molecule is CCC(C)Nc1ncnc(Nc2ccc(Cl)cc2)c1N. The van der Waals surface area contributed by atoms with Crippen LogP contribution in [0.25, 0.3) is 0 Å². The average molecular weight is 292 g/mol. The summed E-state index contributed by atoms with van der Waals surface area (Å²) in [6, 6.07) is 7.65. The highest BCUT2D eigenvalue weighted by Gasteiger charge is 2.10. The van der Waals surface area contributed by atoms with Gasteiger partial charge in [0.05, 0.1) is 0 Å². The van der Waals surface area contributed by atoms with Gasteiger partial charge in [-0.1, -0.05) is 18.5 Å². The van der Waals surface area contributed by atoms with Gasteiger partial charge in [0.25, 0.3) is 0 Å². The number of nitrogens with zero attached hydrogens (tertiary/aromatic N) is 2. The molecule has 0 amide bonds. The predicted octanol–water partition coefficient (Wildman–Crippen LogP) is 3.67. The number of hydrogen-bond acceptors (Lipinski definition) is 5. The third-order valence-corrected chi connectivity index (χ3v) is 3.24. The standard InChI is InChI=1S/C14H18ClN5/c1-3-9(2)19-13-12(16)14(18-8-17-13)20-11-6-4-10(15)5-7-11/h4-9H,3,16H2,1-2H3,(H2,17,18,19,20). The van der Waals surface area contributed by atoms with Gasteiger partial charge in [0.1, 0.15) is 12.0 Å². The van der Waals surface area contributed by atoms with Gasteiger partial charge in [0.15, 0.2) is 11.6 Å². The van der Waals surface area contributed by atoms with Crippen LogP contribution in [-0.4, -0.2) is 16.0 Å². The quantitative estimate of drug-likeness (QED) is 0.783. The van der Waals surface area contributed by atoms with Crippen molar-refractivity contribution in [3.05, 3.63) is 35.6 Å². The molecule has 0 fully saturated rings. The highest BCUT2D eigenvalue weighted by atomic mass is 35.5. The fraction of sp³-hybridized carbons (Fsp3) is 0.286. The number of hydrogen-bond donors (Lipinski definition) is 3. The molecule has 1 aromatic carbocycles. The summed E-state index contributed by atoms with van der Waals surface area (Å²) in [5, 5.41) is 7.10. The van der Waals surface area contributed by atoms with Gasteiger partial charge in [-0.2, -0.15) is 0 Å². The Balaban J connectivity index is 2.20. The lowest BCUT2D eigenvalue weighted by atomic mass is 10.2. The van der Waals surface area contributed by atoms with Gasteiger partial charge < -0.3 is 16.4 Å². The van der Waals surface area contributed by atoms with Gasteiger partial charge in [-0.25, -0.2) is 9.97 Å². The van der Waals surface area contributed by atoms with Crippen molar-refractivity contribution in [1.29, 1.82) is 0 Å². The van der Waals surface area contributed by atoms with E-state index in [1.54, 1.807) is 12.1 Å². The van der Waals surface area contributed by atoms with Gasteiger partial charge in [0.2, 0.25) is 0 Å². The van der Waals surface area contributed by atoms with Crippen molar-refractivity contribution < 1.29 is 0 Å². The van der Waals surface area contributed by atoms with Gasteiger partial charge in [-0.05, 0) is 37.6 Å². The molecule has 0 aliphatic carbocycles. The van der Waals surface area contributed by atoms with E-state index in [9.17, 15) is 0 Å². The smallest absolute Gasteiger partial charge is 0.159 e. The number of rotatable bonds is 5. The van der Waals surface area contributed by atoms with Crippen molar-refractivity contribution in [3.63, 3.8) is 0 Å². The Hall–Kier alpha value is -2.01. The molecule has 4 N–H and O–H groups in total. The lowest BCUT2D eigenvalue weighted by Gasteiger charge is -2.16. The second kappa shape index (κ2) is 6.43. The van der Waals surface area contributed by atoms with E-state index in [0.717, 1.165) is 12.1 Å². The zero-order chi connectivity index (χ0) is 14.5. The van der Waals surface area contributed by atoms with Crippen LogP contribution in [0, 0.1) is 0 Å². The number of nitrogens with one attached hydrogen (secondary N) is 2. The lowest BCUT2D eigenvalue weighted by Crippen LogP contribution is -2.16. The molecule has 1 aromatic heterocycles. The largest absolute Gasteiger partial charge is 0.393 e. The molecule has 1 unspecified atom stereocenters. The molecule has 2 aromatic rings. The van der Waals surface area contributed by atoms with Crippen molar-refractivity contribution >= 4 is 34.6 Å². The molecular weight excluding hydrogens is 274 g/mol. The van der Waals surface area contributed by atoms with Crippen LogP contribution in [0.5, 0.6) is 0 Å². The molecule has 1 atom stereocenters. The van der Waals surface area contributed by atoms with Crippen molar-refractivity contribution in [2.75, 3.05) is 16.4 Å². The van der Waals surface area contributed by atoms with E-state index in [0.29, 0.717) is 28.4 Å². The average Bonchev–Trinajstić information content (AvgIpc) is 2.45. The first-order valence-corrected chi connectivity index (χ1v) is 6.87. The Morgan fingerprint density at radius 2 is 1.85 bits per heavy atom. The molecule has 0 spiro atoms. The van der Waals surface area contributed by atoms with Crippen molar-refractivity contribution in [3.8, 4) is 0 Å². The summed E-state index contributed by atoms with van der Waals surface area (Å²) in [6.45, 7) is 4.18. The van der Waals surface area contributed by atoms with Crippen LogP contribution in [0.15, 0.2) is 30.6 Å². The first kappa shape index (κ1) is 14.4. The summed E-state index contributed by atoms with van der Waals surface area (Å²) < 4.78 is 0. The van der Waals surface area contributed by atoms with E-state index in [1.807, 2.05) is 12.1 Å². The minimum atomic E-state index is 0.301. The maximum absolute atomic E-state index is 6.09. The van der Waals surface area contributed by atoms with Crippen molar-refractivity contribution in [2.24, 2.45) is 0 Å². The van der Waals surface area contributed by atoms with E-state index < -0.39 is 0 Å². The third-order valence-electron chi connectivity index (χ3n) is 2.99. The second-order valence-electron chi connectivity index (χ2n) is 4.57. The number of nitrogens with two attached hydrogens (primary N) is 1. The zero-order valence-electron chi connectivity index (χ0n) is 11.5. The van der Waals surface area contributed by atoms with Crippen LogP contribution in [0.4, 0.5) is 23.0 Å². The summed E-state index contributed by atoms with van der Waals surface area (Å²) >= 11 is 5.86. The second-order valence-corrected chi connectivity index (χ2v) is 5.01. The molecule has 0 radical (unpaired) electrons. The molecule has 0 aliphatic rings. The summed E-state index contributed by atoms with van der Waals surface area (Å²) in [5.74, 6) is 1.22. The highest BCUT2D eigenvalue weighted by Crippen LogP contribution is 2.26. The number of halogens is 1. The number of anilines is 4. The van der Waals surface area contributed by atoms with Gasteiger partial charge >= 0.3 is 0 Å². The summed E-state index contributed by atoms with van der Waals surface area (Å²) in [4.78, 5) is 8.34. The minimum Gasteiger partial charge on any atom is -0.393 e. The summed E-state index contributed by atoms with van der Waals surface area (Å²) in [6.07, 6.45) is 2.47. The van der Waals surface area contributed by atoms with E-state index in [4.69, 9.17) is 17.3 Å². The first-order chi connectivity index (χ1) is 9.60. The third kappa shape index (κ3) is 3.51. The predicted molar refractivity (Wildman–Crippen MR) is 84.6 cm³/mol. The van der Waals surface area contributed by atoms with E-state index in [2.05, 4.69) is 34.4 Å². The topological polar surface area (TPSA) is 75.9 Å². The Kier molecular flexibility index (Phi) is 4.63. The van der Waals surface area contributed by atoms with Gasteiger partial charge in [-0.15, -0.1) is 0 Å². The van der Waals surface area contributed by atoms with Gasteiger partial charge in [-0.3, -0.25) is 0 Å². The minimum absolute atomic E-state index is 0.301. The Morgan fingerprint density at radius 1 is 1.20 bits per heavy atom. The van der Waals surface area contributed by atoms with Crippen molar-refractivity contribution in [2.45, 2.75) is 26.3 Å². The lowest BCUT2D eigenvalue weighted by molar-refractivity contribution is 0.759. The van der Waals surface area contributed by atoms with Crippen LogP contribution < -0.4 is 16.4 Å². The van der Waals surface area contributed by atoms with E-state index in [1.165, 1.54) is 6.33 Å². The number of benzene rings is 1. The number of nitrogen functional groups attached to an aromatic ring is 1. The molecule has 1 heterocycles. The fourth-order valence-electron chi connectivity index (χ4n) is 1.62. The van der Waals surface area contributed by atoms with Gasteiger partial charge in [0, 0.05) is 16.8 Å². The monoisotopic (exact) mass is 291 g/mol. The van der Waals surface area contributed by atoms with Crippen LogP contribution in [0.3, 0.4) is 0 Å². The molecule has 2 rings (SSSR count). The zero-order valence-corrected chi connectivity index (χ0v) is 12.3. The molecule has 5 nitrogen and oxygen atoms in total. The molecule has 6 heteroatoms. The van der Waals surface area contributed by atoms with Crippen LogP contribution in [-0.2, 0) is 0 Å². The van der Waals surface area contributed by atoms with E-state index in [-0.39, 0.29) is 0 Å². The van der Waals surface area contributed by atoms with Crippen LogP contribution in [0.1, 0.15) is 20.3 Å². The van der Waals surface area contributed by atoms with E-state index >= 15 is 0 Å². The maximum atomic E-state index is 6.09. The normalized spacial score (nSPS) is 11.9. The molecule has 0 aliphatic heterocycles. The molecule has 106 valence electrons.